The van der Waals surface area contributed by atoms with Crippen LogP contribution in [0, 0.1) is 0 Å². The summed E-state index contributed by atoms with van der Waals surface area (Å²) in [5.74, 6) is -1.08. The zero-order valence-corrected chi connectivity index (χ0v) is 26.1. The summed E-state index contributed by atoms with van der Waals surface area (Å²) in [5.41, 5.74) is 2.68. The highest BCUT2D eigenvalue weighted by molar-refractivity contribution is 7.88. The molecule has 3 aromatic carbocycles. The Morgan fingerprint density at radius 1 is 0.935 bits per heavy atom. The van der Waals surface area contributed by atoms with E-state index in [4.69, 9.17) is 0 Å². The number of anilines is 2. The first-order chi connectivity index (χ1) is 21.8. The summed E-state index contributed by atoms with van der Waals surface area (Å²) in [7, 11) is -3.19. The first-order valence-corrected chi connectivity index (χ1v) is 16.8. The minimum Gasteiger partial charge on any atom is -0.405 e. The summed E-state index contributed by atoms with van der Waals surface area (Å²) in [6.07, 6.45) is -1.58. The minimum atomic E-state index is -4.92. The minimum absolute atomic E-state index is 0.0701. The van der Waals surface area contributed by atoms with Gasteiger partial charge in [0.2, 0.25) is 15.9 Å². The lowest BCUT2D eigenvalue weighted by atomic mass is 10.0. The normalized spacial score (nSPS) is 17.9. The smallest absolute Gasteiger partial charge is 0.405 e. The van der Waals surface area contributed by atoms with Crippen LogP contribution >= 0.6 is 0 Å². The van der Waals surface area contributed by atoms with Crippen molar-refractivity contribution in [2.45, 2.75) is 38.2 Å². The Balaban J connectivity index is 1.22. The van der Waals surface area contributed by atoms with Gasteiger partial charge in [-0.15, -0.1) is 13.2 Å². The van der Waals surface area contributed by atoms with Gasteiger partial charge < -0.3 is 20.7 Å². The molecule has 0 saturated carbocycles. The number of nitrogens with zero attached hydrogens (tertiary/aromatic N) is 2. The van der Waals surface area contributed by atoms with Gasteiger partial charge in [-0.2, -0.15) is 4.31 Å². The molecule has 0 aromatic heterocycles. The molecule has 0 aliphatic carbocycles. The second-order valence-electron chi connectivity index (χ2n) is 11.5. The molecule has 1 atom stereocenters. The van der Waals surface area contributed by atoms with E-state index >= 15 is 0 Å². The molecule has 2 fully saturated rings. The Morgan fingerprint density at radius 2 is 1.61 bits per heavy atom. The first kappa shape index (κ1) is 33.4. The van der Waals surface area contributed by atoms with Crippen molar-refractivity contribution >= 4 is 33.2 Å². The number of nitrogens with one attached hydrogen (secondary N) is 3. The van der Waals surface area contributed by atoms with Crippen LogP contribution in [0.4, 0.5) is 24.5 Å². The van der Waals surface area contributed by atoms with E-state index in [1.54, 1.807) is 12.1 Å². The average Bonchev–Trinajstić information content (AvgIpc) is 3.51. The van der Waals surface area contributed by atoms with Gasteiger partial charge in [-0.1, -0.05) is 24.3 Å². The second kappa shape index (κ2) is 14.2. The molecule has 2 heterocycles. The van der Waals surface area contributed by atoms with Crippen LogP contribution in [-0.2, 0) is 21.4 Å². The fourth-order valence-corrected chi connectivity index (χ4v) is 6.42. The molecule has 2 aliphatic heterocycles. The number of rotatable bonds is 10. The second-order valence-corrected chi connectivity index (χ2v) is 13.5. The number of amides is 2. The summed E-state index contributed by atoms with van der Waals surface area (Å²) < 4.78 is 68.7. The monoisotopic (exact) mass is 659 g/mol. The molecule has 2 aliphatic rings. The molecule has 46 heavy (non-hydrogen) atoms. The van der Waals surface area contributed by atoms with E-state index in [-0.39, 0.29) is 23.9 Å². The van der Waals surface area contributed by atoms with Crippen molar-refractivity contribution in [3.05, 3.63) is 77.9 Å². The summed E-state index contributed by atoms with van der Waals surface area (Å²) in [6.45, 7) is 3.65. The number of ether oxygens (including phenoxy) is 1. The first-order valence-electron chi connectivity index (χ1n) is 14.9. The van der Waals surface area contributed by atoms with Crippen LogP contribution in [0.3, 0.4) is 0 Å². The number of sulfonamides is 1. The Labute approximate surface area is 266 Å². The summed E-state index contributed by atoms with van der Waals surface area (Å²) in [6, 6.07) is 17.4. The molecular formula is C32H36F3N5O5S. The van der Waals surface area contributed by atoms with Gasteiger partial charge in [-0.05, 0) is 73.0 Å². The molecule has 0 spiro atoms. The molecular weight excluding hydrogens is 623 g/mol. The van der Waals surface area contributed by atoms with Gasteiger partial charge in [0.15, 0.2) is 0 Å². The van der Waals surface area contributed by atoms with Crippen LogP contribution in [0.15, 0.2) is 66.7 Å². The fraction of sp³-hybridized carbons (Fsp3) is 0.375. The van der Waals surface area contributed by atoms with Crippen molar-refractivity contribution in [1.29, 1.82) is 0 Å². The van der Waals surface area contributed by atoms with Crippen LogP contribution in [-0.4, -0.2) is 80.8 Å². The van der Waals surface area contributed by atoms with Gasteiger partial charge in [0.05, 0.1) is 6.26 Å². The summed E-state index contributed by atoms with van der Waals surface area (Å²) >= 11 is 0. The molecule has 14 heteroatoms. The highest BCUT2D eigenvalue weighted by atomic mass is 32.2. The number of hydrogen-bond acceptors (Lipinski definition) is 7. The summed E-state index contributed by atoms with van der Waals surface area (Å²) in [4.78, 5) is 27.6. The molecule has 2 saturated heterocycles. The van der Waals surface area contributed by atoms with Crippen LogP contribution in [0.5, 0.6) is 5.75 Å². The zero-order valence-electron chi connectivity index (χ0n) is 25.3. The van der Waals surface area contributed by atoms with Gasteiger partial charge in [0, 0.05) is 67.7 Å². The zero-order chi connectivity index (χ0) is 32.9. The van der Waals surface area contributed by atoms with E-state index in [0.29, 0.717) is 55.2 Å². The van der Waals surface area contributed by atoms with Gasteiger partial charge in [-0.25, -0.2) is 8.42 Å². The van der Waals surface area contributed by atoms with Crippen LogP contribution in [0.25, 0.3) is 11.1 Å². The molecule has 5 rings (SSSR count). The molecule has 0 unspecified atom stereocenters. The van der Waals surface area contributed by atoms with E-state index in [2.05, 4.69) is 25.6 Å². The maximum absolute atomic E-state index is 13.2. The predicted octanol–water partition coefficient (Wildman–Crippen LogP) is 4.66. The van der Waals surface area contributed by atoms with Crippen molar-refractivity contribution in [2.24, 2.45) is 0 Å². The average molecular weight is 660 g/mol. The lowest BCUT2D eigenvalue weighted by Gasteiger charge is -2.33. The Bertz CT molecular complexity index is 1640. The molecule has 0 radical (unpaired) electrons. The Kier molecular flexibility index (Phi) is 10.3. The number of halogens is 3. The molecule has 0 bridgehead atoms. The van der Waals surface area contributed by atoms with Crippen molar-refractivity contribution in [3.63, 3.8) is 0 Å². The van der Waals surface area contributed by atoms with E-state index in [1.165, 1.54) is 47.0 Å². The van der Waals surface area contributed by atoms with Crippen molar-refractivity contribution in [1.82, 2.24) is 14.5 Å². The number of carbonyl (C=O) groups excluding carboxylic acids is 2. The topological polar surface area (TPSA) is 120 Å². The maximum atomic E-state index is 13.2. The van der Waals surface area contributed by atoms with Gasteiger partial charge >= 0.3 is 6.36 Å². The predicted molar refractivity (Wildman–Crippen MR) is 169 cm³/mol. The van der Waals surface area contributed by atoms with E-state index in [9.17, 15) is 31.2 Å². The van der Waals surface area contributed by atoms with Gasteiger partial charge in [-0.3, -0.25) is 14.5 Å². The fourth-order valence-electron chi connectivity index (χ4n) is 5.59. The van der Waals surface area contributed by atoms with Crippen molar-refractivity contribution < 1.29 is 35.9 Å². The molecule has 10 nitrogen and oxygen atoms in total. The van der Waals surface area contributed by atoms with E-state index in [0.717, 1.165) is 31.0 Å². The third-order valence-electron chi connectivity index (χ3n) is 7.96. The third kappa shape index (κ3) is 9.28. The lowest BCUT2D eigenvalue weighted by molar-refractivity contribution is -0.274. The summed E-state index contributed by atoms with van der Waals surface area (Å²) in [5, 5.41) is 8.81. The highest BCUT2D eigenvalue weighted by Crippen LogP contribution is 2.36. The quantitative estimate of drug-likeness (QED) is 0.290. The number of benzene rings is 3. The molecule has 3 aromatic rings. The molecule has 2 amide bonds. The molecule has 3 N–H and O–H groups in total. The van der Waals surface area contributed by atoms with Gasteiger partial charge in [0.1, 0.15) is 5.75 Å². The van der Waals surface area contributed by atoms with E-state index < -0.39 is 28.0 Å². The lowest BCUT2D eigenvalue weighted by Crippen LogP contribution is -2.47. The number of piperazine rings is 1. The molecule has 246 valence electrons. The highest BCUT2D eigenvalue weighted by Gasteiger charge is 2.32. The Morgan fingerprint density at radius 3 is 2.22 bits per heavy atom. The standard InChI is InChI=1S/C32H36F3N5O5S/c1-46(43,44)40-17-15-39(16-18-40)21-22-4-10-25(11-5-22)38-31(42)24-8-6-23(7-9-24)28-19-27(12-13-29(28)45-32(33,34)35)37-30(41)20-26-3-2-14-36-26/h4-13,19,26,36H,2-3,14-18,20-21H2,1H3,(H,37,41)(H,38,42)/t26-/m0/s1. The van der Waals surface area contributed by atoms with Gasteiger partial charge in [0.25, 0.3) is 5.91 Å². The van der Waals surface area contributed by atoms with Crippen molar-refractivity contribution in [3.8, 4) is 16.9 Å². The SMILES string of the molecule is CS(=O)(=O)N1CCN(Cc2ccc(NC(=O)c3ccc(-c4cc(NC(=O)C[C@@H]5CCCN5)ccc4OC(F)(F)F)cc3)cc2)CC1. The maximum Gasteiger partial charge on any atom is 0.573 e. The van der Waals surface area contributed by atoms with Crippen LogP contribution in [0.1, 0.15) is 35.2 Å². The number of carbonyl (C=O) groups is 2. The van der Waals surface area contributed by atoms with Crippen LogP contribution < -0.4 is 20.7 Å². The Hall–Kier alpha value is -3.98. The number of alkyl halides is 3. The van der Waals surface area contributed by atoms with Crippen molar-refractivity contribution in [2.75, 3.05) is 49.6 Å². The number of hydrogen-bond donors (Lipinski definition) is 3. The third-order valence-corrected chi connectivity index (χ3v) is 9.26. The van der Waals surface area contributed by atoms with E-state index in [1.807, 2.05) is 12.1 Å². The van der Waals surface area contributed by atoms with Crippen LogP contribution in [0.2, 0.25) is 0 Å². The largest absolute Gasteiger partial charge is 0.573 e.